The Hall–Kier alpha value is -1.10. The van der Waals surface area contributed by atoms with Crippen molar-refractivity contribution in [3.05, 3.63) is 0 Å². The summed E-state index contributed by atoms with van der Waals surface area (Å²) in [6.45, 7) is 3.22. The molecule has 13 heavy (non-hydrogen) atoms. The maximum atomic E-state index is 11.2. The van der Waals surface area contributed by atoms with Crippen molar-refractivity contribution in [3.8, 4) is 0 Å². The second kappa shape index (κ2) is 6.42. The van der Waals surface area contributed by atoms with E-state index in [0.29, 0.717) is 19.6 Å². The van der Waals surface area contributed by atoms with Gasteiger partial charge in [0.2, 0.25) is 0 Å². The van der Waals surface area contributed by atoms with E-state index in [1.54, 1.807) is 7.05 Å². The van der Waals surface area contributed by atoms with Crippen LogP contribution in [0.4, 0.5) is 0 Å². The van der Waals surface area contributed by atoms with Gasteiger partial charge in [-0.15, -0.1) is 0 Å². The van der Waals surface area contributed by atoms with Crippen LogP contribution in [0.2, 0.25) is 0 Å². The molecule has 0 aliphatic rings. The first kappa shape index (κ1) is 11.9. The minimum Gasteiger partial charge on any atom is -0.347 e. The molecule has 0 aromatic carbocycles. The molecule has 0 fully saturated rings. The lowest BCUT2D eigenvalue weighted by Gasteiger charge is -2.14. The highest BCUT2D eigenvalue weighted by molar-refractivity contribution is 6.34. The number of carbonyl (C=O) groups is 2. The standard InChI is InChI=1S/C8H17N3O2/c1-3-6-11(2)8(13)7(12)10-5-4-9/h3-6,9H2,1-2H3,(H,10,12). The van der Waals surface area contributed by atoms with Crippen molar-refractivity contribution in [1.29, 1.82) is 0 Å². The number of likely N-dealkylation sites (N-methyl/N-ethyl adjacent to an activating group) is 1. The number of nitrogens with zero attached hydrogens (tertiary/aromatic N) is 1. The molecular weight excluding hydrogens is 170 g/mol. The maximum absolute atomic E-state index is 11.2. The quantitative estimate of drug-likeness (QED) is 0.550. The lowest BCUT2D eigenvalue weighted by molar-refractivity contribution is -0.144. The predicted molar refractivity (Wildman–Crippen MR) is 50.0 cm³/mol. The minimum absolute atomic E-state index is 0.338. The smallest absolute Gasteiger partial charge is 0.311 e. The highest BCUT2D eigenvalue weighted by Gasteiger charge is 2.16. The second-order valence-electron chi connectivity index (χ2n) is 2.77. The lowest BCUT2D eigenvalue weighted by atomic mass is 10.4. The van der Waals surface area contributed by atoms with Gasteiger partial charge in [0.05, 0.1) is 0 Å². The average Bonchev–Trinajstić information content (AvgIpc) is 2.13. The number of nitrogens with two attached hydrogens (primary N) is 1. The number of carbonyl (C=O) groups excluding carboxylic acids is 2. The Bertz CT molecular complexity index is 182. The van der Waals surface area contributed by atoms with Gasteiger partial charge in [-0.05, 0) is 6.42 Å². The van der Waals surface area contributed by atoms with E-state index in [1.807, 2.05) is 6.92 Å². The van der Waals surface area contributed by atoms with Gasteiger partial charge in [0.15, 0.2) is 0 Å². The Balaban J connectivity index is 3.87. The topological polar surface area (TPSA) is 75.4 Å². The van der Waals surface area contributed by atoms with Crippen LogP contribution in [0.25, 0.3) is 0 Å². The van der Waals surface area contributed by atoms with E-state index < -0.39 is 11.8 Å². The Kier molecular flexibility index (Phi) is 5.88. The van der Waals surface area contributed by atoms with E-state index in [1.165, 1.54) is 4.90 Å². The Morgan fingerprint density at radius 2 is 2.08 bits per heavy atom. The monoisotopic (exact) mass is 187 g/mol. The van der Waals surface area contributed by atoms with Gasteiger partial charge in [-0.2, -0.15) is 0 Å². The molecular formula is C8H17N3O2. The van der Waals surface area contributed by atoms with Crippen molar-refractivity contribution in [2.75, 3.05) is 26.7 Å². The van der Waals surface area contributed by atoms with Crippen molar-refractivity contribution in [2.45, 2.75) is 13.3 Å². The largest absolute Gasteiger partial charge is 0.347 e. The fourth-order valence-corrected chi connectivity index (χ4v) is 0.872. The summed E-state index contributed by atoms with van der Waals surface area (Å²) in [4.78, 5) is 23.7. The third-order valence-electron chi connectivity index (χ3n) is 1.53. The molecule has 0 aromatic heterocycles. The molecule has 0 bridgehead atoms. The highest BCUT2D eigenvalue weighted by Crippen LogP contribution is 1.87. The Labute approximate surface area is 78.3 Å². The van der Waals surface area contributed by atoms with Crippen LogP contribution >= 0.6 is 0 Å². The fourth-order valence-electron chi connectivity index (χ4n) is 0.872. The van der Waals surface area contributed by atoms with Crippen molar-refractivity contribution in [3.63, 3.8) is 0 Å². The third-order valence-corrected chi connectivity index (χ3v) is 1.53. The Morgan fingerprint density at radius 3 is 2.54 bits per heavy atom. The summed E-state index contributed by atoms with van der Waals surface area (Å²) in [6.07, 6.45) is 0.840. The molecule has 0 aliphatic heterocycles. The van der Waals surface area contributed by atoms with Gasteiger partial charge in [0.25, 0.3) is 0 Å². The molecule has 0 unspecified atom stereocenters. The minimum atomic E-state index is -0.582. The zero-order valence-electron chi connectivity index (χ0n) is 8.17. The fraction of sp³-hybridized carbons (Fsp3) is 0.750. The number of hydrogen-bond donors (Lipinski definition) is 2. The molecule has 5 heteroatoms. The van der Waals surface area contributed by atoms with E-state index in [0.717, 1.165) is 6.42 Å². The highest BCUT2D eigenvalue weighted by atomic mass is 16.2. The van der Waals surface area contributed by atoms with Crippen LogP contribution in [0.3, 0.4) is 0 Å². The van der Waals surface area contributed by atoms with Crippen molar-refractivity contribution >= 4 is 11.8 Å². The van der Waals surface area contributed by atoms with Crippen molar-refractivity contribution < 1.29 is 9.59 Å². The van der Waals surface area contributed by atoms with Crippen LogP contribution in [0, 0.1) is 0 Å². The summed E-state index contributed by atoms with van der Waals surface area (Å²) in [5, 5.41) is 2.42. The molecule has 0 spiro atoms. The molecule has 0 radical (unpaired) electrons. The molecule has 0 aromatic rings. The van der Waals surface area contributed by atoms with E-state index >= 15 is 0 Å². The summed E-state index contributed by atoms with van der Waals surface area (Å²) in [5.74, 6) is -1.09. The van der Waals surface area contributed by atoms with E-state index in [9.17, 15) is 9.59 Å². The number of hydrogen-bond acceptors (Lipinski definition) is 3. The van der Waals surface area contributed by atoms with Gasteiger partial charge in [-0.3, -0.25) is 9.59 Å². The first-order valence-electron chi connectivity index (χ1n) is 4.36. The lowest BCUT2D eigenvalue weighted by Crippen LogP contribution is -2.42. The normalized spacial score (nSPS) is 9.46. The molecule has 0 saturated heterocycles. The molecule has 0 atom stereocenters. The van der Waals surface area contributed by atoms with E-state index in [-0.39, 0.29) is 0 Å². The van der Waals surface area contributed by atoms with Crippen LogP contribution < -0.4 is 11.1 Å². The number of amides is 2. The zero-order valence-corrected chi connectivity index (χ0v) is 8.17. The third kappa shape index (κ3) is 4.47. The van der Waals surface area contributed by atoms with Crippen LogP contribution in [0.15, 0.2) is 0 Å². The molecule has 3 N–H and O–H groups in total. The Morgan fingerprint density at radius 1 is 1.46 bits per heavy atom. The second-order valence-corrected chi connectivity index (χ2v) is 2.77. The zero-order chi connectivity index (χ0) is 10.3. The first-order chi connectivity index (χ1) is 6.13. The molecule has 76 valence electrons. The van der Waals surface area contributed by atoms with Crippen LogP contribution in [-0.4, -0.2) is 43.4 Å². The summed E-state index contributed by atoms with van der Waals surface area (Å²) < 4.78 is 0. The number of rotatable bonds is 4. The molecule has 0 saturated carbocycles. The number of nitrogens with one attached hydrogen (secondary N) is 1. The molecule has 5 nitrogen and oxygen atoms in total. The SMILES string of the molecule is CCCN(C)C(=O)C(=O)NCCN. The molecule has 0 aliphatic carbocycles. The maximum Gasteiger partial charge on any atom is 0.311 e. The molecule has 2 amide bonds. The van der Waals surface area contributed by atoms with Crippen molar-refractivity contribution in [1.82, 2.24) is 10.2 Å². The van der Waals surface area contributed by atoms with Gasteiger partial charge in [-0.1, -0.05) is 6.92 Å². The summed E-state index contributed by atoms with van der Waals surface area (Å²) in [6, 6.07) is 0. The van der Waals surface area contributed by atoms with Crippen LogP contribution in [0.1, 0.15) is 13.3 Å². The first-order valence-corrected chi connectivity index (χ1v) is 4.36. The van der Waals surface area contributed by atoms with Gasteiger partial charge in [-0.25, -0.2) is 0 Å². The summed E-state index contributed by atoms with van der Waals surface area (Å²) >= 11 is 0. The molecule has 0 rings (SSSR count). The predicted octanol–water partition coefficient (Wildman–Crippen LogP) is -1.07. The van der Waals surface area contributed by atoms with E-state index in [4.69, 9.17) is 5.73 Å². The van der Waals surface area contributed by atoms with Crippen molar-refractivity contribution in [2.24, 2.45) is 5.73 Å². The van der Waals surface area contributed by atoms with E-state index in [2.05, 4.69) is 5.32 Å². The van der Waals surface area contributed by atoms with Crippen LogP contribution in [-0.2, 0) is 9.59 Å². The van der Waals surface area contributed by atoms with Gasteiger partial charge in [0.1, 0.15) is 0 Å². The van der Waals surface area contributed by atoms with Gasteiger partial charge < -0.3 is 16.0 Å². The summed E-state index contributed by atoms with van der Waals surface area (Å²) in [5.41, 5.74) is 5.17. The summed E-state index contributed by atoms with van der Waals surface area (Å²) in [7, 11) is 1.61. The average molecular weight is 187 g/mol. The van der Waals surface area contributed by atoms with Gasteiger partial charge >= 0.3 is 11.8 Å². The van der Waals surface area contributed by atoms with Crippen LogP contribution in [0.5, 0.6) is 0 Å². The molecule has 0 heterocycles. The van der Waals surface area contributed by atoms with Gasteiger partial charge in [0, 0.05) is 26.7 Å².